The van der Waals surface area contributed by atoms with Gasteiger partial charge in [-0.3, -0.25) is 14.5 Å². The van der Waals surface area contributed by atoms with Gasteiger partial charge in [-0.2, -0.15) is 5.26 Å². The summed E-state index contributed by atoms with van der Waals surface area (Å²) in [7, 11) is 3.39. The van der Waals surface area contributed by atoms with E-state index in [9.17, 15) is 22.8 Å². The summed E-state index contributed by atoms with van der Waals surface area (Å²) in [6.45, 7) is 1.91. The van der Waals surface area contributed by atoms with E-state index in [0.29, 0.717) is 30.6 Å². The second kappa shape index (κ2) is 11.6. The van der Waals surface area contributed by atoms with E-state index in [1.165, 1.54) is 17.0 Å². The van der Waals surface area contributed by atoms with Crippen LogP contribution in [0.2, 0.25) is 0 Å². The van der Waals surface area contributed by atoms with Crippen LogP contribution in [0.15, 0.2) is 66.7 Å². The molecule has 1 heterocycles. The predicted molar refractivity (Wildman–Crippen MR) is 139 cm³/mol. The summed E-state index contributed by atoms with van der Waals surface area (Å²) in [5.74, 6) is -0.869. The molecule has 3 aromatic rings. The summed E-state index contributed by atoms with van der Waals surface area (Å²) in [5.41, 5.74) is 4.12. The van der Waals surface area contributed by atoms with Crippen molar-refractivity contribution in [2.24, 2.45) is 0 Å². The zero-order chi connectivity index (χ0) is 28.2. The zero-order valence-electron chi connectivity index (χ0n) is 21.5. The number of ether oxygens (including phenoxy) is 1. The lowest BCUT2D eigenvalue weighted by atomic mass is 9.95. The monoisotopic (exact) mass is 536 g/mol. The average Bonchev–Trinajstić information content (AvgIpc) is 3.34. The minimum atomic E-state index is -4.79. The van der Waals surface area contributed by atoms with Gasteiger partial charge < -0.3 is 15.0 Å². The molecule has 4 rings (SSSR count). The first-order chi connectivity index (χ1) is 18.5. The standard InChI is InChI=1S/C29H27F3N4O3/c1-35(2)28(38)22-7-8-23(26(15-22)20-5-3-19(16-33)4-6-20)17-36-14-13-24(18-36)34-27(37)21-9-11-25(12-10-21)39-29(30,31)32/h3-12,15,24H,13-14,17-18H2,1-2H3,(H,34,37)/t24-/m1/s1. The molecule has 0 radical (unpaired) electrons. The number of likely N-dealkylation sites (tertiary alicyclic amines) is 1. The lowest BCUT2D eigenvalue weighted by Gasteiger charge is -2.20. The van der Waals surface area contributed by atoms with Gasteiger partial charge in [0.25, 0.3) is 11.8 Å². The first-order valence-electron chi connectivity index (χ1n) is 12.3. The van der Waals surface area contributed by atoms with Crippen LogP contribution in [-0.4, -0.2) is 61.2 Å². The molecule has 0 saturated carbocycles. The van der Waals surface area contributed by atoms with E-state index in [1.807, 2.05) is 24.3 Å². The summed E-state index contributed by atoms with van der Waals surface area (Å²) in [5, 5.41) is 12.1. The zero-order valence-corrected chi connectivity index (χ0v) is 21.5. The summed E-state index contributed by atoms with van der Waals surface area (Å²) in [6.07, 6.45) is -4.08. The fourth-order valence-corrected chi connectivity index (χ4v) is 4.51. The topological polar surface area (TPSA) is 85.7 Å². The highest BCUT2D eigenvalue weighted by molar-refractivity contribution is 5.95. The SMILES string of the molecule is CN(C)C(=O)c1ccc(CN2CC[C@@H](NC(=O)c3ccc(OC(F)(F)F)cc3)C2)c(-c2ccc(C#N)cc2)c1. The Morgan fingerprint density at radius 1 is 1.05 bits per heavy atom. The Morgan fingerprint density at radius 2 is 1.72 bits per heavy atom. The maximum atomic E-state index is 12.7. The van der Waals surface area contributed by atoms with E-state index >= 15 is 0 Å². The third-order valence-electron chi connectivity index (χ3n) is 6.44. The first-order valence-corrected chi connectivity index (χ1v) is 12.3. The highest BCUT2D eigenvalue weighted by Crippen LogP contribution is 2.28. The number of nitrogens with zero attached hydrogens (tertiary/aromatic N) is 3. The second-order valence-electron chi connectivity index (χ2n) is 9.53. The van der Waals surface area contributed by atoms with Gasteiger partial charge in [-0.15, -0.1) is 13.2 Å². The third kappa shape index (κ3) is 7.15. The number of nitriles is 1. The fraction of sp³-hybridized carbons (Fsp3) is 0.276. The number of amides is 2. The summed E-state index contributed by atoms with van der Waals surface area (Å²) >= 11 is 0. The molecule has 1 aliphatic rings. The van der Waals surface area contributed by atoms with Crippen LogP contribution in [0.25, 0.3) is 11.1 Å². The highest BCUT2D eigenvalue weighted by atomic mass is 19.4. The van der Waals surface area contributed by atoms with Crippen molar-refractivity contribution in [2.45, 2.75) is 25.4 Å². The van der Waals surface area contributed by atoms with E-state index in [2.05, 4.69) is 21.0 Å². The molecular weight excluding hydrogens is 509 g/mol. The highest BCUT2D eigenvalue weighted by Gasteiger charge is 2.31. The molecule has 1 fully saturated rings. The smallest absolute Gasteiger partial charge is 0.406 e. The van der Waals surface area contributed by atoms with Crippen LogP contribution >= 0.6 is 0 Å². The van der Waals surface area contributed by atoms with Crippen molar-refractivity contribution in [2.75, 3.05) is 27.2 Å². The number of alkyl halides is 3. The number of carbonyl (C=O) groups excluding carboxylic acids is 2. The maximum Gasteiger partial charge on any atom is 0.573 e. The molecule has 3 aromatic carbocycles. The Hall–Kier alpha value is -4.36. The van der Waals surface area contributed by atoms with Gasteiger partial charge in [-0.1, -0.05) is 18.2 Å². The number of benzene rings is 3. The molecule has 2 amide bonds. The number of hydrogen-bond donors (Lipinski definition) is 1. The normalized spacial score (nSPS) is 15.4. The van der Waals surface area contributed by atoms with E-state index in [4.69, 9.17) is 5.26 Å². The molecule has 1 aliphatic heterocycles. The molecule has 7 nitrogen and oxygen atoms in total. The quantitative estimate of drug-likeness (QED) is 0.468. The molecule has 1 saturated heterocycles. The Balaban J connectivity index is 1.45. The van der Waals surface area contributed by atoms with Crippen LogP contribution in [0.5, 0.6) is 5.75 Å². The lowest BCUT2D eigenvalue weighted by Crippen LogP contribution is -2.37. The Bertz CT molecular complexity index is 1380. The predicted octanol–water partition coefficient (Wildman–Crippen LogP) is 4.83. The number of carbonyl (C=O) groups is 2. The Morgan fingerprint density at radius 3 is 2.33 bits per heavy atom. The van der Waals surface area contributed by atoms with E-state index in [1.54, 1.807) is 32.3 Å². The van der Waals surface area contributed by atoms with Gasteiger partial charge in [0, 0.05) is 50.9 Å². The lowest BCUT2D eigenvalue weighted by molar-refractivity contribution is -0.274. The van der Waals surface area contributed by atoms with Crippen molar-refractivity contribution in [3.63, 3.8) is 0 Å². The van der Waals surface area contributed by atoms with Gasteiger partial charge in [0.1, 0.15) is 5.75 Å². The second-order valence-corrected chi connectivity index (χ2v) is 9.53. The average molecular weight is 537 g/mol. The molecule has 0 aromatic heterocycles. The minimum Gasteiger partial charge on any atom is -0.406 e. The first kappa shape index (κ1) is 27.7. The Kier molecular flexibility index (Phi) is 8.21. The van der Waals surface area contributed by atoms with E-state index < -0.39 is 6.36 Å². The largest absolute Gasteiger partial charge is 0.573 e. The van der Waals surface area contributed by atoms with Crippen molar-refractivity contribution in [3.8, 4) is 22.9 Å². The molecule has 1 N–H and O–H groups in total. The van der Waals surface area contributed by atoms with Crippen molar-refractivity contribution in [1.82, 2.24) is 15.1 Å². The molecular formula is C29H27F3N4O3. The summed E-state index contributed by atoms with van der Waals surface area (Å²) in [6, 6.07) is 19.6. The van der Waals surface area contributed by atoms with E-state index in [-0.39, 0.29) is 29.2 Å². The fourth-order valence-electron chi connectivity index (χ4n) is 4.51. The molecule has 0 unspecified atom stereocenters. The summed E-state index contributed by atoms with van der Waals surface area (Å²) < 4.78 is 41.0. The van der Waals surface area contributed by atoms with Gasteiger partial charge in [0.05, 0.1) is 11.6 Å². The summed E-state index contributed by atoms with van der Waals surface area (Å²) in [4.78, 5) is 29.0. The number of halogens is 3. The van der Waals surface area contributed by atoms with Crippen LogP contribution in [0.4, 0.5) is 13.2 Å². The number of hydrogen-bond acceptors (Lipinski definition) is 5. The van der Waals surface area contributed by atoms with Crippen molar-refractivity contribution in [3.05, 3.63) is 89.0 Å². The number of rotatable bonds is 7. The van der Waals surface area contributed by atoms with Crippen molar-refractivity contribution < 1.29 is 27.5 Å². The van der Waals surface area contributed by atoms with Crippen LogP contribution in [0, 0.1) is 11.3 Å². The van der Waals surface area contributed by atoms with Crippen LogP contribution < -0.4 is 10.1 Å². The molecule has 0 aliphatic carbocycles. The molecule has 10 heteroatoms. The van der Waals surface area contributed by atoms with E-state index in [0.717, 1.165) is 35.4 Å². The molecule has 202 valence electrons. The molecule has 1 atom stereocenters. The maximum absolute atomic E-state index is 12.7. The van der Waals surface area contributed by atoms with Crippen molar-refractivity contribution >= 4 is 11.8 Å². The third-order valence-corrected chi connectivity index (χ3v) is 6.44. The van der Waals surface area contributed by atoms with Gasteiger partial charge in [0.15, 0.2) is 0 Å². The van der Waals surface area contributed by atoms with Crippen LogP contribution in [0.1, 0.15) is 38.3 Å². The van der Waals surface area contributed by atoms with Crippen molar-refractivity contribution in [1.29, 1.82) is 5.26 Å². The van der Waals surface area contributed by atoms with Gasteiger partial charge in [-0.05, 0) is 71.6 Å². The van der Waals surface area contributed by atoms with Gasteiger partial charge in [0.2, 0.25) is 0 Å². The van der Waals surface area contributed by atoms with Crippen LogP contribution in [0.3, 0.4) is 0 Å². The van der Waals surface area contributed by atoms with Crippen LogP contribution in [-0.2, 0) is 6.54 Å². The minimum absolute atomic E-state index is 0.113. The molecule has 0 spiro atoms. The molecule has 0 bridgehead atoms. The van der Waals surface area contributed by atoms with Gasteiger partial charge >= 0.3 is 6.36 Å². The molecule has 39 heavy (non-hydrogen) atoms. The Labute approximate surface area is 224 Å². The van der Waals surface area contributed by atoms with Gasteiger partial charge in [-0.25, -0.2) is 0 Å². The number of nitrogens with one attached hydrogen (secondary N) is 1.